The molecule has 0 radical (unpaired) electrons. The number of nitrogens with zero attached hydrogens (tertiary/aromatic N) is 3. The molecule has 0 aliphatic carbocycles. The summed E-state index contributed by atoms with van der Waals surface area (Å²) in [7, 11) is 0. The van der Waals surface area contributed by atoms with Crippen molar-refractivity contribution in [1.29, 1.82) is 0 Å². The van der Waals surface area contributed by atoms with Crippen molar-refractivity contribution in [2.45, 2.75) is 12.5 Å². The number of hydrogen-bond acceptors (Lipinski definition) is 5. The Morgan fingerprint density at radius 3 is 2.18 bits per heavy atom. The molecule has 2 aliphatic rings. The van der Waals surface area contributed by atoms with E-state index in [9.17, 15) is 19.7 Å². The van der Waals surface area contributed by atoms with Crippen LogP contribution in [0.5, 0.6) is 0 Å². The smallest absolute Gasteiger partial charge is 0.292 e. The van der Waals surface area contributed by atoms with Crippen molar-refractivity contribution >= 4 is 28.9 Å². The zero-order chi connectivity index (χ0) is 19.7. The number of hydrogen-bond donors (Lipinski definition) is 1. The third kappa shape index (κ3) is 3.34. The van der Waals surface area contributed by atoms with Gasteiger partial charge in [0.15, 0.2) is 6.04 Å². The molecule has 2 aliphatic heterocycles. The molecule has 2 amide bonds. The van der Waals surface area contributed by atoms with E-state index < -0.39 is 4.92 Å². The molecule has 0 unspecified atom stereocenters. The van der Waals surface area contributed by atoms with E-state index in [0.29, 0.717) is 5.69 Å². The maximum absolute atomic E-state index is 12.9. The number of nitro benzene ring substituents is 1. The summed E-state index contributed by atoms with van der Waals surface area (Å²) in [6.45, 7) is 2.94. The molecule has 1 atom stereocenters. The highest BCUT2D eigenvalue weighted by Crippen LogP contribution is 2.22. The minimum absolute atomic E-state index is 0.0732. The van der Waals surface area contributed by atoms with Crippen LogP contribution in [0.3, 0.4) is 0 Å². The van der Waals surface area contributed by atoms with Gasteiger partial charge in [0.05, 0.1) is 43.2 Å². The van der Waals surface area contributed by atoms with Gasteiger partial charge in [0.2, 0.25) is 5.91 Å². The predicted molar refractivity (Wildman–Crippen MR) is 103 cm³/mol. The summed E-state index contributed by atoms with van der Waals surface area (Å²) in [4.78, 5) is 40.3. The van der Waals surface area contributed by atoms with Crippen LogP contribution in [-0.2, 0) is 9.59 Å². The van der Waals surface area contributed by atoms with Crippen LogP contribution in [0.25, 0.3) is 0 Å². The van der Waals surface area contributed by atoms with Crippen molar-refractivity contribution in [2.24, 2.45) is 0 Å². The number of non-ortho nitro benzene ring substituents is 1. The summed E-state index contributed by atoms with van der Waals surface area (Å²) in [6.07, 6.45) is 0.237. The Bertz CT molecular complexity index is 892. The van der Waals surface area contributed by atoms with Gasteiger partial charge in [-0.1, -0.05) is 18.2 Å². The quantitative estimate of drug-likeness (QED) is 0.477. The average molecular weight is 381 g/mol. The number of para-hydroxylation sites is 1. The van der Waals surface area contributed by atoms with Crippen molar-refractivity contribution in [3.8, 4) is 0 Å². The number of carbonyl (C=O) groups is 2. The Morgan fingerprint density at radius 2 is 1.57 bits per heavy atom. The van der Waals surface area contributed by atoms with E-state index in [-0.39, 0.29) is 30.0 Å². The van der Waals surface area contributed by atoms with E-state index in [1.165, 1.54) is 17.0 Å². The number of piperazine rings is 1. The summed E-state index contributed by atoms with van der Waals surface area (Å²) in [6, 6.07) is 15.2. The first-order chi connectivity index (χ1) is 13.5. The molecule has 2 heterocycles. The Labute approximate surface area is 162 Å². The Hall–Kier alpha value is -3.26. The van der Waals surface area contributed by atoms with Crippen LogP contribution in [0.1, 0.15) is 6.42 Å². The first kappa shape index (κ1) is 18.1. The summed E-state index contributed by atoms with van der Waals surface area (Å²) < 4.78 is 0. The maximum Gasteiger partial charge on any atom is 0.292 e. The fraction of sp³-hybridized carbons (Fsp3) is 0.300. The van der Waals surface area contributed by atoms with Gasteiger partial charge in [-0.2, -0.15) is 0 Å². The second-order valence-electron chi connectivity index (χ2n) is 7.08. The molecule has 0 bridgehead atoms. The molecule has 28 heavy (non-hydrogen) atoms. The lowest BCUT2D eigenvalue weighted by molar-refractivity contribution is -0.915. The molecule has 0 saturated carbocycles. The van der Waals surface area contributed by atoms with Crippen LogP contribution >= 0.6 is 0 Å². The molecule has 2 fully saturated rings. The van der Waals surface area contributed by atoms with E-state index in [2.05, 4.69) is 4.90 Å². The molecule has 2 aromatic rings. The van der Waals surface area contributed by atoms with Crippen LogP contribution in [-0.4, -0.2) is 49.0 Å². The SMILES string of the molecule is O=C1C[C@H]([NH+]2CCN(c3ccc([N+](=O)[O-])cc3)CC2)C(=O)N1c1ccccc1. The predicted octanol–water partition coefficient (Wildman–Crippen LogP) is 0.632. The molecule has 1 N–H and O–H groups in total. The van der Waals surface area contributed by atoms with Gasteiger partial charge in [-0.15, -0.1) is 0 Å². The van der Waals surface area contributed by atoms with Crippen molar-refractivity contribution in [3.05, 3.63) is 64.7 Å². The number of amides is 2. The largest absolute Gasteiger partial charge is 0.360 e. The summed E-state index contributed by atoms with van der Waals surface area (Å²) >= 11 is 0. The normalized spacial score (nSPS) is 20.6. The first-order valence-electron chi connectivity index (χ1n) is 9.30. The molecule has 2 aromatic carbocycles. The number of nitro groups is 1. The molecule has 4 rings (SSSR count). The van der Waals surface area contributed by atoms with Gasteiger partial charge in [-0.3, -0.25) is 19.7 Å². The lowest BCUT2D eigenvalue weighted by atomic mass is 10.1. The van der Waals surface area contributed by atoms with Gasteiger partial charge in [0, 0.05) is 17.8 Å². The Kier molecular flexibility index (Phi) is 4.79. The molecule has 144 valence electrons. The monoisotopic (exact) mass is 381 g/mol. The van der Waals surface area contributed by atoms with Gasteiger partial charge in [-0.05, 0) is 24.3 Å². The van der Waals surface area contributed by atoms with Gasteiger partial charge < -0.3 is 9.80 Å². The van der Waals surface area contributed by atoms with Crippen LogP contribution < -0.4 is 14.7 Å². The minimum Gasteiger partial charge on any atom is -0.360 e. The second-order valence-corrected chi connectivity index (χ2v) is 7.08. The third-order valence-electron chi connectivity index (χ3n) is 5.49. The van der Waals surface area contributed by atoms with Gasteiger partial charge in [0.25, 0.3) is 11.6 Å². The van der Waals surface area contributed by atoms with Crippen LogP contribution in [0.4, 0.5) is 17.1 Å². The number of rotatable bonds is 4. The van der Waals surface area contributed by atoms with Crippen molar-refractivity contribution in [3.63, 3.8) is 0 Å². The van der Waals surface area contributed by atoms with Gasteiger partial charge in [0.1, 0.15) is 0 Å². The summed E-state index contributed by atoms with van der Waals surface area (Å²) in [5.41, 5.74) is 1.64. The molecule has 0 aromatic heterocycles. The number of benzene rings is 2. The molecule has 8 nitrogen and oxygen atoms in total. The maximum atomic E-state index is 12.9. The van der Waals surface area contributed by atoms with E-state index >= 15 is 0 Å². The number of nitrogens with one attached hydrogen (secondary N) is 1. The topological polar surface area (TPSA) is 88.2 Å². The third-order valence-corrected chi connectivity index (χ3v) is 5.49. The Morgan fingerprint density at radius 1 is 0.929 bits per heavy atom. The highest BCUT2D eigenvalue weighted by molar-refractivity contribution is 6.21. The number of anilines is 2. The average Bonchev–Trinajstić information content (AvgIpc) is 3.03. The van der Waals surface area contributed by atoms with Crippen molar-refractivity contribution in [2.75, 3.05) is 36.0 Å². The lowest BCUT2D eigenvalue weighted by Crippen LogP contribution is -3.19. The van der Waals surface area contributed by atoms with E-state index in [4.69, 9.17) is 0 Å². The summed E-state index contributed by atoms with van der Waals surface area (Å²) in [5.74, 6) is -0.276. The molecule has 8 heteroatoms. The molecule has 0 spiro atoms. The summed E-state index contributed by atoms with van der Waals surface area (Å²) in [5, 5.41) is 10.8. The van der Waals surface area contributed by atoms with Crippen molar-refractivity contribution < 1.29 is 19.4 Å². The van der Waals surface area contributed by atoms with Gasteiger partial charge in [-0.25, -0.2) is 4.90 Å². The highest BCUT2D eigenvalue weighted by Gasteiger charge is 2.46. The fourth-order valence-corrected chi connectivity index (χ4v) is 3.98. The number of carbonyl (C=O) groups excluding carboxylic acids is 2. The van der Waals surface area contributed by atoms with E-state index in [1.807, 2.05) is 18.2 Å². The minimum atomic E-state index is -0.410. The van der Waals surface area contributed by atoms with E-state index in [1.54, 1.807) is 24.3 Å². The molecular formula is C20H21N4O4+. The standard InChI is InChI=1S/C20H20N4O4/c25-19-14-18(20(26)23(19)16-4-2-1-3-5-16)22-12-10-21(11-13-22)15-6-8-17(9-7-15)24(27)28/h1-9,18H,10-14H2/p+1/t18-/m0/s1. The first-order valence-corrected chi connectivity index (χ1v) is 9.30. The van der Waals surface area contributed by atoms with Gasteiger partial charge >= 0.3 is 0 Å². The Balaban J connectivity index is 1.40. The zero-order valence-corrected chi connectivity index (χ0v) is 15.3. The number of imide groups is 1. The second kappa shape index (κ2) is 7.40. The molecular weight excluding hydrogens is 360 g/mol. The van der Waals surface area contributed by atoms with Crippen LogP contribution in [0.15, 0.2) is 54.6 Å². The fourth-order valence-electron chi connectivity index (χ4n) is 3.98. The van der Waals surface area contributed by atoms with Crippen LogP contribution in [0, 0.1) is 10.1 Å². The van der Waals surface area contributed by atoms with Crippen LogP contribution in [0.2, 0.25) is 0 Å². The molecule has 2 saturated heterocycles. The van der Waals surface area contributed by atoms with E-state index in [0.717, 1.165) is 36.8 Å². The zero-order valence-electron chi connectivity index (χ0n) is 15.3. The number of quaternary nitrogens is 1. The highest BCUT2D eigenvalue weighted by atomic mass is 16.6. The lowest BCUT2D eigenvalue weighted by Gasteiger charge is -2.35. The van der Waals surface area contributed by atoms with Crippen molar-refractivity contribution in [1.82, 2.24) is 0 Å².